The molecule has 3 rings (SSSR count). The number of aromatic nitrogens is 2. The summed E-state index contributed by atoms with van der Waals surface area (Å²) in [5.41, 5.74) is 4.77. The molecule has 0 bridgehead atoms. The van der Waals surface area contributed by atoms with E-state index in [9.17, 15) is 9.59 Å². The predicted octanol–water partition coefficient (Wildman–Crippen LogP) is 4.60. The Morgan fingerprint density at radius 3 is 2.50 bits per heavy atom. The van der Waals surface area contributed by atoms with Crippen molar-refractivity contribution in [3.8, 4) is 11.1 Å². The normalized spacial score (nSPS) is 10.9. The largest absolute Gasteiger partial charge is 0.465 e. The minimum absolute atomic E-state index is 0.273. The fourth-order valence-corrected chi connectivity index (χ4v) is 3.79. The van der Waals surface area contributed by atoms with Crippen molar-refractivity contribution in [1.29, 1.82) is 0 Å². The van der Waals surface area contributed by atoms with Crippen LogP contribution in [0.4, 0.5) is 0 Å². The average molecular weight is 445 g/mol. The van der Waals surface area contributed by atoms with E-state index in [-0.39, 0.29) is 6.61 Å². The van der Waals surface area contributed by atoms with Crippen LogP contribution in [0.2, 0.25) is 0 Å². The molecule has 0 unspecified atom stereocenters. The Bertz CT molecular complexity index is 1070. The standard InChI is InChI=1S/C21H21BrN2O4/c1-5-14-8-10-17-19(13-7-9-15(16(22)11-13)20(25)27-4)18(21(26)28-6-2)12(3)23-24(14)17/h7-11H,5-6H2,1-4H3. The second-order valence-corrected chi connectivity index (χ2v) is 7.07. The molecule has 0 saturated carbocycles. The predicted molar refractivity (Wildman–Crippen MR) is 110 cm³/mol. The lowest BCUT2D eigenvalue weighted by Gasteiger charge is -2.15. The number of hydrogen-bond donors (Lipinski definition) is 0. The lowest BCUT2D eigenvalue weighted by Crippen LogP contribution is -2.13. The van der Waals surface area contributed by atoms with Gasteiger partial charge in [0.2, 0.25) is 0 Å². The van der Waals surface area contributed by atoms with Crippen LogP contribution in [0.5, 0.6) is 0 Å². The van der Waals surface area contributed by atoms with Gasteiger partial charge in [0.15, 0.2) is 0 Å². The first-order valence-corrected chi connectivity index (χ1v) is 9.78. The summed E-state index contributed by atoms with van der Waals surface area (Å²) in [5.74, 6) is -0.853. The Morgan fingerprint density at radius 1 is 1.14 bits per heavy atom. The maximum Gasteiger partial charge on any atom is 0.340 e. The van der Waals surface area contributed by atoms with E-state index >= 15 is 0 Å². The first kappa shape index (κ1) is 20.1. The van der Waals surface area contributed by atoms with Gasteiger partial charge in [0.25, 0.3) is 0 Å². The zero-order valence-corrected chi connectivity index (χ0v) is 17.8. The Balaban J connectivity index is 2.33. The van der Waals surface area contributed by atoms with E-state index in [4.69, 9.17) is 9.47 Å². The van der Waals surface area contributed by atoms with Crippen molar-refractivity contribution in [2.24, 2.45) is 0 Å². The van der Waals surface area contributed by atoms with Crippen LogP contribution in [-0.2, 0) is 15.9 Å². The van der Waals surface area contributed by atoms with Gasteiger partial charge in [-0.25, -0.2) is 14.1 Å². The average Bonchev–Trinajstić information content (AvgIpc) is 3.08. The smallest absolute Gasteiger partial charge is 0.340 e. The number of ether oxygens (including phenoxy) is 2. The van der Waals surface area contributed by atoms with Crippen LogP contribution in [0.1, 0.15) is 46.0 Å². The molecular weight excluding hydrogens is 424 g/mol. The number of fused-ring (bicyclic) bond motifs is 1. The highest BCUT2D eigenvalue weighted by molar-refractivity contribution is 9.10. The number of carbonyl (C=O) groups is 2. The summed E-state index contributed by atoms with van der Waals surface area (Å²) in [6, 6.07) is 9.23. The molecule has 0 radical (unpaired) electrons. The van der Waals surface area contributed by atoms with Gasteiger partial charge < -0.3 is 9.47 Å². The van der Waals surface area contributed by atoms with Gasteiger partial charge in [-0.05, 0) is 66.0 Å². The third-order valence-corrected chi connectivity index (χ3v) is 5.21. The molecule has 0 fully saturated rings. The molecule has 0 amide bonds. The third kappa shape index (κ3) is 3.42. The number of esters is 2. The quantitative estimate of drug-likeness (QED) is 0.537. The van der Waals surface area contributed by atoms with Gasteiger partial charge in [0, 0.05) is 15.7 Å². The monoisotopic (exact) mass is 444 g/mol. The molecule has 146 valence electrons. The summed E-state index contributed by atoms with van der Waals surface area (Å²) in [6.45, 7) is 5.90. The van der Waals surface area contributed by atoms with E-state index in [1.807, 2.05) is 22.7 Å². The van der Waals surface area contributed by atoms with E-state index in [0.29, 0.717) is 21.3 Å². The Hall–Kier alpha value is -2.67. The topological polar surface area (TPSA) is 69.9 Å². The van der Waals surface area contributed by atoms with E-state index in [2.05, 4.69) is 28.0 Å². The third-order valence-electron chi connectivity index (χ3n) is 4.56. The first-order chi connectivity index (χ1) is 13.4. The minimum atomic E-state index is -0.434. The summed E-state index contributed by atoms with van der Waals surface area (Å²) in [7, 11) is 1.34. The van der Waals surface area contributed by atoms with Crippen molar-refractivity contribution in [1.82, 2.24) is 9.61 Å². The molecule has 3 aromatic rings. The molecule has 7 heteroatoms. The second-order valence-electron chi connectivity index (χ2n) is 6.22. The molecule has 1 aromatic carbocycles. The molecule has 0 aliphatic carbocycles. The van der Waals surface area contributed by atoms with E-state index in [1.165, 1.54) is 7.11 Å². The minimum Gasteiger partial charge on any atom is -0.465 e. The zero-order valence-electron chi connectivity index (χ0n) is 16.2. The lowest BCUT2D eigenvalue weighted by atomic mass is 9.97. The molecule has 0 saturated heterocycles. The number of nitrogens with zero attached hydrogens (tertiary/aromatic N) is 2. The van der Waals surface area contributed by atoms with Crippen LogP contribution in [0, 0.1) is 6.92 Å². The second kappa shape index (κ2) is 8.14. The highest BCUT2D eigenvalue weighted by Gasteiger charge is 2.23. The summed E-state index contributed by atoms with van der Waals surface area (Å²) >= 11 is 3.44. The van der Waals surface area contributed by atoms with Gasteiger partial charge in [-0.1, -0.05) is 13.0 Å². The number of hydrogen-bond acceptors (Lipinski definition) is 5. The zero-order chi connectivity index (χ0) is 20.4. The van der Waals surface area contributed by atoms with Gasteiger partial charge >= 0.3 is 11.9 Å². The van der Waals surface area contributed by atoms with Crippen LogP contribution in [0.25, 0.3) is 16.6 Å². The van der Waals surface area contributed by atoms with Crippen LogP contribution >= 0.6 is 15.9 Å². The van der Waals surface area contributed by atoms with Crippen molar-refractivity contribution in [2.75, 3.05) is 13.7 Å². The summed E-state index contributed by atoms with van der Waals surface area (Å²) in [6.07, 6.45) is 0.809. The number of methoxy groups -OCH3 is 1. The molecular formula is C21H21BrN2O4. The fraction of sp³-hybridized carbons (Fsp3) is 0.286. The Labute approximate surface area is 171 Å². The molecule has 28 heavy (non-hydrogen) atoms. The number of halogens is 1. The number of aryl methyl sites for hydroxylation is 2. The summed E-state index contributed by atoms with van der Waals surface area (Å²) < 4.78 is 12.5. The molecule has 0 atom stereocenters. The van der Waals surface area contributed by atoms with Crippen molar-refractivity contribution < 1.29 is 19.1 Å². The molecule has 0 aliphatic rings. The first-order valence-electron chi connectivity index (χ1n) is 8.99. The molecule has 0 N–H and O–H groups in total. The summed E-state index contributed by atoms with van der Waals surface area (Å²) in [4.78, 5) is 24.6. The van der Waals surface area contributed by atoms with Crippen LogP contribution in [0.3, 0.4) is 0 Å². The number of carbonyl (C=O) groups excluding carboxylic acids is 2. The van der Waals surface area contributed by atoms with Gasteiger partial charge in [-0.2, -0.15) is 5.10 Å². The van der Waals surface area contributed by atoms with Crippen molar-refractivity contribution in [3.63, 3.8) is 0 Å². The molecule has 0 spiro atoms. The van der Waals surface area contributed by atoms with Crippen LogP contribution in [-0.4, -0.2) is 35.3 Å². The van der Waals surface area contributed by atoms with Gasteiger partial charge in [-0.3, -0.25) is 0 Å². The van der Waals surface area contributed by atoms with Gasteiger partial charge in [0.1, 0.15) is 0 Å². The molecule has 6 nitrogen and oxygen atoms in total. The fourth-order valence-electron chi connectivity index (χ4n) is 3.25. The molecule has 2 heterocycles. The van der Waals surface area contributed by atoms with E-state index in [0.717, 1.165) is 28.8 Å². The van der Waals surface area contributed by atoms with Crippen molar-refractivity contribution >= 4 is 33.4 Å². The van der Waals surface area contributed by atoms with Gasteiger partial charge in [0.05, 0.1) is 36.1 Å². The van der Waals surface area contributed by atoms with Crippen molar-refractivity contribution in [2.45, 2.75) is 27.2 Å². The highest BCUT2D eigenvalue weighted by atomic mass is 79.9. The van der Waals surface area contributed by atoms with Crippen LogP contribution in [0.15, 0.2) is 34.8 Å². The van der Waals surface area contributed by atoms with Crippen molar-refractivity contribution in [3.05, 3.63) is 57.3 Å². The molecule has 2 aromatic heterocycles. The SMILES string of the molecule is CCOC(=O)c1c(C)nn2c(CC)ccc2c1-c1ccc(C(=O)OC)c(Br)c1. The number of rotatable bonds is 5. The summed E-state index contributed by atoms with van der Waals surface area (Å²) in [5, 5.41) is 4.61. The maximum absolute atomic E-state index is 12.7. The highest BCUT2D eigenvalue weighted by Crippen LogP contribution is 2.34. The lowest BCUT2D eigenvalue weighted by molar-refractivity contribution is 0.0524. The Kier molecular flexibility index (Phi) is 5.84. The molecule has 0 aliphatic heterocycles. The van der Waals surface area contributed by atoms with Crippen LogP contribution < -0.4 is 0 Å². The van der Waals surface area contributed by atoms with E-state index < -0.39 is 11.9 Å². The number of benzene rings is 1. The van der Waals surface area contributed by atoms with Gasteiger partial charge in [-0.15, -0.1) is 0 Å². The van der Waals surface area contributed by atoms with E-state index in [1.54, 1.807) is 26.0 Å². The maximum atomic E-state index is 12.7. The Morgan fingerprint density at radius 2 is 1.89 bits per heavy atom.